The SMILES string of the molecule is O=C(CC1c2ccccc2C(=O)N1c1ccccc1)N1CCSC1. The molecule has 1 unspecified atom stereocenters. The zero-order valence-electron chi connectivity index (χ0n) is 13.2. The first-order chi connectivity index (χ1) is 11.8. The van der Waals surface area contributed by atoms with E-state index in [1.54, 1.807) is 16.7 Å². The maximum absolute atomic E-state index is 12.9. The minimum absolute atomic E-state index is 0.0228. The summed E-state index contributed by atoms with van der Waals surface area (Å²) in [5.74, 6) is 1.85. The number of thioether (sulfide) groups is 1. The minimum Gasteiger partial charge on any atom is -0.333 e. The molecular formula is C19H18N2O2S. The average molecular weight is 338 g/mol. The van der Waals surface area contributed by atoms with E-state index in [4.69, 9.17) is 0 Å². The highest BCUT2D eigenvalue weighted by Crippen LogP contribution is 2.39. The molecule has 0 saturated carbocycles. The summed E-state index contributed by atoms with van der Waals surface area (Å²) in [5.41, 5.74) is 2.49. The van der Waals surface area contributed by atoms with Gasteiger partial charge in [-0.15, -0.1) is 11.8 Å². The summed E-state index contributed by atoms with van der Waals surface area (Å²) in [4.78, 5) is 29.2. The third-order valence-corrected chi connectivity index (χ3v) is 5.55. The number of rotatable bonds is 3. The number of para-hydroxylation sites is 1. The molecule has 0 bridgehead atoms. The molecule has 24 heavy (non-hydrogen) atoms. The molecule has 4 rings (SSSR count). The van der Waals surface area contributed by atoms with Crippen molar-refractivity contribution < 1.29 is 9.59 Å². The Kier molecular flexibility index (Phi) is 4.02. The van der Waals surface area contributed by atoms with E-state index in [0.29, 0.717) is 12.0 Å². The summed E-state index contributed by atoms with van der Waals surface area (Å²) in [5, 5.41) is 0. The quantitative estimate of drug-likeness (QED) is 0.862. The zero-order chi connectivity index (χ0) is 16.5. The van der Waals surface area contributed by atoms with Crippen LogP contribution in [-0.4, -0.2) is 34.9 Å². The van der Waals surface area contributed by atoms with Crippen LogP contribution in [0.15, 0.2) is 54.6 Å². The van der Waals surface area contributed by atoms with Crippen LogP contribution in [-0.2, 0) is 4.79 Å². The molecule has 0 aliphatic carbocycles. The highest BCUT2D eigenvalue weighted by Gasteiger charge is 2.39. The molecule has 0 aromatic heterocycles. The van der Waals surface area contributed by atoms with Gasteiger partial charge in [-0.2, -0.15) is 0 Å². The van der Waals surface area contributed by atoms with Crippen molar-refractivity contribution >= 4 is 29.3 Å². The maximum atomic E-state index is 12.9. The van der Waals surface area contributed by atoms with E-state index in [2.05, 4.69) is 0 Å². The summed E-state index contributed by atoms with van der Waals surface area (Å²) in [6.45, 7) is 0.803. The first-order valence-corrected chi connectivity index (χ1v) is 9.24. The van der Waals surface area contributed by atoms with Crippen LogP contribution in [0.3, 0.4) is 0 Å². The van der Waals surface area contributed by atoms with Gasteiger partial charge in [0.25, 0.3) is 5.91 Å². The lowest BCUT2D eigenvalue weighted by atomic mass is 10.0. The first-order valence-electron chi connectivity index (χ1n) is 8.09. The van der Waals surface area contributed by atoms with E-state index in [1.165, 1.54) is 0 Å². The first kappa shape index (κ1) is 15.3. The molecule has 0 radical (unpaired) electrons. The summed E-state index contributed by atoms with van der Waals surface area (Å²) in [6.07, 6.45) is 0.332. The van der Waals surface area contributed by atoms with Crippen LogP contribution in [0, 0.1) is 0 Å². The van der Waals surface area contributed by atoms with Gasteiger partial charge in [-0.1, -0.05) is 36.4 Å². The van der Waals surface area contributed by atoms with Crippen LogP contribution >= 0.6 is 11.8 Å². The number of carbonyl (C=O) groups is 2. The standard InChI is InChI=1S/C19H18N2O2S/c22-18(20-10-11-24-13-20)12-17-15-8-4-5-9-16(15)19(23)21(17)14-6-2-1-3-7-14/h1-9,17H,10-13H2. The third kappa shape index (κ3) is 2.59. The Bertz CT molecular complexity index is 772. The van der Waals surface area contributed by atoms with Crippen molar-refractivity contribution in [2.24, 2.45) is 0 Å². The van der Waals surface area contributed by atoms with Gasteiger partial charge in [0.05, 0.1) is 18.3 Å². The van der Waals surface area contributed by atoms with Crippen molar-refractivity contribution in [1.82, 2.24) is 4.90 Å². The van der Waals surface area contributed by atoms with E-state index in [0.717, 1.165) is 29.4 Å². The number of carbonyl (C=O) groups excluding carboxylic acids is 2. The second-order valence-electron chi connectivity index (χ2n) is 6.01. The summed E-state index contributed by atoms with van der Waals surface area (Å²) < 4.78 is 0. The van der Waals surface area contributed by atoms with Crippen molar-refractivity contribution in [3.05, 3.63) is 65.7 Å². The summed E-state index contributed by atoms with van der Waals surface area (Å²) in [7, 11) is 0. The van der Waals surface area contributed by atoms with Crippen molar-refractivity contribution in [2.45, 2.75) is 12.5 Å². The lowest BCUT2D eigenvalue weighted by Crippen LogP contribution is -2.34. The molecule has 5 heteroatoms. The van der Waals surface area contributed by atoms with Crippen LogP contribution in [0.2, 0.25) is 0 Å². The maximum Gasteiger partial charge on any atom is 0.259 e. The Morgan fingerprint density at radius 1 is 1.08 bits per heavy atom. The summed E-state index contributed by atoms with van der Waals surface area (Å²) in [6, 6.07) is 17.0. The molecule has 1 atom stereocenters. The Labute approximate surface area is 145 Å². The van der Waals surface area contributed by atoms with Crippen LogP contribution in [0.4, 0.5) is 5.69 Å². The summed E-state index contributed by atoms with van der Waals surface area (Å²) >= 11 is 1.78. The van der Waals surface area contributed by atoms with Gasteiger partial charge in [0, 0.05) is 23.5 Å². The Morgan fingerprint density at radius 3 is 2.58 bits per heavy atom. The topological polar surface area (TPSA) is 40.6 Å². The Balaban J connectivity index is 1.69. The fourth-order valence-electron chi connectivity index (χ4n) is 3.39. The molecule has 2 amide bonds. The molecule has 0 N–H and O–H groups in total. The van der Waals surface area contributed by atoms with Gasteiger partial charge in [-0.05, 0) is 23.8 Å². The lowest BCUT2D eigenvalue weighted by molar-refractivity contribution is -0.130. The predicted octanol–water partition coefficient (Wildman–Crippen LogP) is 3.31. The van der Waals surface area contributed by atoms with Crippen LogP contribution in [0.25, 0.3) is 0 Å². The van der Waals surface area contributed by atoms with E-state index in [9.17, 15) is 9.59 Å². The second-order valence-corrected chi connectivity index (χ2v) is 7.09. The van der Waals surface area contributed by atoms with E-state index in [-0.39, 0.29) is 17.9 Å². The number of anilines is 1. The van der Waals surface area contributed by atoms with E-state index >= 15 is 0 Å². The molecule has 122 valence electrons. The van der Waals surface area contributed by atoms with E-state index < -0.39 is 0 Å². The number of hydrogen-bond donors (Lipinski definition) is 0. The molecular weight excluding hydrogens is 320 g/mol. The minimum atomic E-state index is -0.228. The molecule has 2 aliphatic rings. The predicted molar refractivity (Wildman–Crippen MR) is 96.1 cm³/mol. The molecule has 0 spiro atoms. The fourth-order valence-corrected chi connectivity index (χ4v) is 4.36. The van der Waals surface area contributed by atoms with Crippen LogP contribution < -0.4 is 4.90 Å². The molecule has 2 aliphatic heterocycles. The highest BCUT2D eigenvalue weighted by molar-refractivity contribution is 7.99. The van der Waals surface area contributed by atoms with Crippen LogP contribution in [0.1, 0.15) is 28.4 Å². The number of hydrogen-bond acceptors (Lipinski definition) is 3. The number of fused-ring (bicyclic) bond motifs is 1. The molecule has 2 aromatic rings. The molecule has 2 aromatic carbocycles. The van der Waals surface area contributed by atoms with Gasteiger partial charge in [-0.25, -0.2) is 0 Å². The van der Waals surface area contributed by atoms with Gasteiger partial charge in [0.2, 0.25) is 5.91 Å². The normalized spacial score (nSPS) is 19.7. The van der Waals surface area contributed by atoms with Gasteiger partial charge >= 0.3 is 0 Å². The molecule has 1 saturated heterocycles. The van der Waals surface area contributed by atoms with Crippen molar-refractivity contribution in [3.63, 3.8) is 0 Å². The van der Waals surface area contributed by atoms with Crippen molar-refractivity contribution in [2.75, 3.05) is 23.1 Å². The number of nitrogens with zero attached hydrogens (tertiary/aromatic N) is 2. The van der Waals surface area contributed by atoms with Crippen LogP contribution in [0.5, 0.6) is 0 Å². The highest BCUT2D eigenvalue weighted by atomic mass is 32.2. The molecule has 4 nitrogen and oxygen atoms in total. The molecule has 2 heterocycles. The van der Waals surface area contributed by atoms with E-state index in [1.807, 2.05) is 59.5 Å². The number of benzene rings is 2. The Morgan fingerprint density at radius 2 is 1.83 bits per heavy atom. The Hall–Kier alpha value is -2.27. The monoisotopic (exact) mass is 338 g/mol. The van der Waals surface area contributed by atoms with Crippen molar-refractivity contribution in [1.29, 1.82) is 0 Å². The largest absolute Gasteiger partial charge is 0.333 e. The number of amides is 2. The van der Waals surface area contributed by atoms with Crippen molar-refractivity contribution in [3.8, 4) is 0 Å². The zero-order valence-corrected chi connectivity index (χ0v) is 14.0. The van der Waals surface area contributed by atoms with Gasteiger partial charge in [-0.3, -0.25) is 9.59 Å². The van der Waals surface area contributed by atoms with Gasteiger partial charge in [0.1, 0.15) is 0 Å². The molecule has 1 fully saturated rings. The smallest absolute Gasteiger partial charge is 0.259 e. The lowest BCUT2D eigenvalue weighted by Gasteiger charge is -2.26. The third-order valence-electron chi connectivity index (χ3n) is 4.59. The van der Waals surface area contributed by atoms with Gasteiger partial charge in [0.15, 0.2) is 0 Å². The van der Waals surface area contributed by atoms with Gasteiger partial charge < -0.3 is 9.80 Å². The second kappa shape index (κ2) is 6.32. The fraction of sp³-hybridized carbons (Fsp3) is 0.263. The average Bonchev–Trinajstić information content (AvgIpc) is 3.24.